The molecule has 2 rings (SSSR count). The van der Waals surface area contributed by atoms with Crippen molar-refractivity contribution in [2.24, 2.45) is 7.05 Å². The van der Waals surface area contributed by atoms with E-state index < -0.39 is 0 Å². The smallest absolute Gasteiger partial charge is 0.125 e. The lowest BCUT2D eigenvalue weighted by Crippen LogP contribution is -2.00. The SMILES string of the molecule is COc1ccc(-c2nn(C)c(N)c2C(C)C)cc1. The van der Waals surface area contributed by atoms with Gasteiger partial charge in [0.25, 0.3) is 0 Å². The first-order valence-corrected chi connectivity index (χ1v) is 6.01. The van der Waals surface area contributed by atoms with Crippen LogP contribution in [0.25, 0.3) is 11.3 Å². The van der Waals surface area contributed by atoms with E-state index in [0.29, 0.717) is 5.92 Å². The van der Waals surface area contributed by atoms with Crippen molar-refractivity contribution >= 4 is 5.82 Å². The monoisotopic (exact) mass is 245 g/mol. The van der Waals surface area contributed by atoms with Gasteiger partial charge in [-0.05, 0) is 30.2 Å². The Morgan fingerprint density at radius 1 is 1.22 bits per heavy atom. The van der Waals surface area contributed by atoms with E-state index >= 15 is 0 Å². The molecule has 0 aliphatic carbocycles. The van der Waals surface area contributed by atoms with Crippen LogP contribution in [0.3, 0.4) is 0 Å². The van der Waals surface area contributed by atoms with Crippen molar-refractivity contribution in [1.29, 1.82) is 0 Å². The van der Waals surface area contributed by atoms with Crippen LogP contribution in [0.15, 0.2) is 24.3 Å². The molecule has 0 bridgehead atoms. The third-order valence-corrected chi connectivity index (χ3v) is 3.07. The molecule has 4 nitrogen and oxygen atoms in total. The summed E-state index contributed by atoms with van der Waals surface area (Å²) in [4.78, 5) is 0. The molecule has 0 amide bonds. The number of aryl methyl sites for hydroxylation is 1. The van der Waals surface area contributed by atoms with E-state index in [1.165, 1.54) is 0 Å². The van der Waals surface area contributed by atoms with Crippen LogP contribution in [-0.4, -0.2) is 16.9 Å². The lowest BCUT2D eigenvalue weighted by Gasteiger charge is -2.07. The molecule has 1 heterocycles. The van der Waals surface area contributed by atoms with E-state index in [1.807, 2.05) is 31.3 Å². The summed E-state index contributed by atoms with van der Waals surface area (Å²) in [6.45, 7) is 4.25. The number of hydrogen-bond acceptors (Lipinski definition) is 3. The highest BCUT2D eigenvalue weighted by atomic mass is 16.5. The van der Waals surface area contributed by atoms with Crippen LogP contribution in [0.4, 0.5) is 5.82 Å². The number of anilines is 1. The molecule has 1 aromatic heterocycles. The molecule has 0 fully saturated rings. The fourth-order valence-corrected chi connectivity index (χ4v) is 2.08. The van der Waals surface area contributed by atoms with Crippen molar-refractivity contribution < 1.29 is 4.74 Å². The fraction of sp³-hybridized carbons (Fsp3) is 0.357. The van der Waals surface area contributed by atoms with E-state index in [-0.39, 0.29) is 0 Å². The highest BCUT2D eigenvalue weighted by Crippen LogP contribution is 2.33. The van der Waals surface area contributed by atoms with Crippen LogP contribution in [0, 0.1) is 0 Å². The number of nitrogens with two attached hydrogens (primary N) is 1. The molecule has 18 heavy (non-hydrogen) atoms. The third-order valence-electron chi connectivity index (χ3n) is 3.07. The van der Waals surface area contributed by atoms with Crippen molar-refractivity contribution in [2.45, 2.75) is 19.8 Å². The van der Waals surface area contributed by atoms with Crippen molar-refractivity contribution in [3.63, 3.8) is 0 Å². The average molecular weight is 245 g/mol. The zero-order chi connectivity index (χ0) is 13.3. The summed E-state index contributed by atoms with van der Waals surface area (Å²) in [5, 5.41) is 4.51. The molecular weight excluding hydrogens is 226 g/mol. The zero-order valence-corrected chi connectivity index (χ0v) is 11.3. The van der Waals surface area contributed by atoms with Crippen molar-refractivity contribution in [3.8, 4) is 17.0 Å². The lowest BCUT2D eigenvalue weighted by molar-refractivity contribution is 0.415. The summed E-state index contributed by atoms with van der Waals surface area (Å²) >= 11 is 0. The number of nitrogen functional groups attached to an aromatic ring is 1. The van der Waals surface area contributed by atoms with E-state index in [9.17, 15) is 0 Å². The molecule has 0 radical (unpaired) electrons. The predicted octanol–water partition coefficient (Wildman–Crippen LogP) is 2.80. The normalized spacial score (nSPS) is 10.9. The van der Waals surface area contributed by atoms with E-state index in [0.717, 1.165) is 28.4 Å². The summed E-state index contributed by atoms with van der Waals surface area (Å²) in [5.41, 5.74) is 9.19. The predicted molar refractivity (Wildman–Crippen MR) is 73.7 cm³/mol. The Hall–Kier alpha value is -1.97. The minimum Gasteiger partial charge on any atom is -0.497 e. The maximum atomic E-state index is 6.07. The maximum absolute atomic E-state index is 6.07. The summed E-state index contributed by atoms with van der Waals surface area (Å²) in [7, 11) is 3.53. The number of methoxy groups -OCH3 is 1. The van der Waals surface area contributed by atoms with Crippen molar-refractivity contribution in [1.82, 2.24) is 9.78 Å². The van der Waals surface area contributed by atoms with Gasteiger partial charge in [-0.2, -0.15) is 5.10 Å². The van der Waals surface area contributed by atoms with E-state index in [1.54, 1.807) is 11.8 Å². The Morgan fingerprint density at radius 2 is 1.83 bits per heavy atom. The lowest BCUT2D eigenvalue weighted by atomic mass is 9.98. The Bertz CT molecular complexity index is 541. The molecule has 1 aromatic carbocycles. The van der Waals surface area contributed by atoms with Crippen LogP contribution in [0.5, 0.6) is 5.75 Å². The molecule has 0 spiro atoms. The first-order chi connectivity index (χ1) is 8.54. The van der Waals surface area contributed by atoms with Crippen molar-refractivity contribution in [3.05, 3.63) is 29.8 Å². The third kappa shape index (κ3) is 2.06. The van der Waals surface area contributed by atoms with E-state index in [4.69, 9.17) is 10.5 Å². The molecule has 0 atom stereocenters. The molecule has 0 saturated carbocycles. The minimum atomic E-state index is 0.343. The van der Waals surface area contributed by atoms with Gasteiger partial charge in [0, 0.05) is 18.2 Å². The standard InChI is InChI=1S/C14H19N3O/c1-9(2)12-13(16-17(3)14(12)15)10-5-7-11(18-4)8-6-10/h5-9H,15H2,1-4H3. The van der Waals surface area contributed by atoms with Gasteiger partial charge < -0.3 is 10.5 Å². The molecule has 2 aromatic rings. The number of hydrogen-bond donors (Lipinski definition) is 1. The molecule has 2 N–H and O–H groups in total. The van der Waals surface area contributed by atoms with Crippen LogP contribution in [0.1, 0.15) is 25.3 Å². The second-order valence-corrected chi connectivity index (χ2v) is 4.65. The first kappa shape index (κ1) is 12.5. The number of rotatable bonds is 3. The Morgan fingerprint density at radius 3 is 2.33 bits per heavy atom. The summed E-state index contributed by atoms with van der Waals surface area (Å²) in [6.07, 6.45) is 0. The molecular formula is C14H19N3O. The fourth-order valence-electron chi connectivity index (χ4n) is 2.08. The Kier molecular flexibility index (Phi) is 3.28. The number of benzene rings is 1. The molecule has 96 valence electrons. The Balaban J connectivity index is 2.52. The summed E-state index contributed by atoms with van der Waals surface area (Å²) in [5.74, 6) is 1.92. The van der Waals surface area contributed by atoms with Crippen LogP contribution in [-0.2, 0) is 7.05 Å². The summed E-state index contributed by atoms with van der Waals surface area (Å²) in [6, 6.07) is 7.88. The number of nitrogens with zero attached hydrogens (tertiary/aromatic N) is 2. The quantitative estimate of drug-likeness (QED) is 0.904. The molecule has 0 saturated heterocycles. The van der Waals surface area contributed by atoms with Crippen molar-refractivity contribution in [2.75, 3.05) is 12.8 Å². The Labute approximate surface area is 107 Å². The minimum absolute atomic E-state index is 0.343. The van der Waals surface area contributed by atoms with E-state index in [2.05, 4.69) is 18.9 Å². The van der Waals surface area contributed by atoms with Gasteiger partial charge in [0.2, 0.25) is 0 Å². The molecule has 0 unspecified atom stereocenters. The van der Waals surface area contributed by atoms with Gasteiger partial charge in [-0.3, -0.25) is 4.68 Å². The number of aromatic nitrogens is 2. The first-order valence-electron chi connectivity index (χ1n) is 6.01. The average Bonchev–Trinajstić information content (AvgIpc) is 2.66. The topological polar surface area (TPSA) is 53.1 Å². The van der Waals surface area contributed by atoms with Crippen LogP contribution < -0.4 is 10.5 Å². The van der Waals surface area contributed by atoms with Gasteiger partial charge >= 0.3 is 0 Å². The van der Waals surface area contributed by atoms with Gasteiger partial charge in [0.1, 0.15) is 11.6 Å². The largest absolute Gasteiger partial charge is 0.497 e. The number of ether oxygens (including phenoxy) is 1. The molecule has 0 aliphatic heterocycles. The molecule has 4 heteroatoms. The van der Waals surface area contributed by atoms with Crippen LogP contribution in [0.2, 0.25) is 0 Å². The van der Waals surface area contributed by atoms with Gasteiger partial charge in [-0.1, -0.05) is 13.8 Å². The van der Waals surface area contributed by atoms with Gasteiger partial charge in [-0.15, -0.1) is 0 Å². The maximum Gasteiger partial charge on any atom is 0.125 e. The highest BCUT2D eigenvalue weighted by molar-refractivity contribution is 5.69. The van der Waals surface area contributed by atoms with Gasteiger partial charge in [0.15, 0.2) is 0 Å². The second kappa shape index (κ2) is 4.72. The molecule has 0 aliphatic rings. The second-order valence-electron chi connectivity index (χ2n) is 4.65. The van der Waals surface area contributed by atoms with Crippen LogP contribution >= 0.6 is 0 Å². The summed E-state index contributed by atoms with van der Waals surface area (Å²) < 4.78 is 6.89. The highest BCUT2D eigenvalue weighted by Gasteiger charge is 2.18. The van der Waals surface area contributed by atoms with Gasteiger partial charge in [0.05, 0.1) is 12.8 Å². The zero-order valence-electron chi connectivity index (χ0n) is 11.3. The van der Waals surface area contributed by atoms with Gasteiger partial charge in [-0.25, -0.2) is 0 Å².